The molecule has 0 spiro atoms. The number of anilines is 1. The van der Waals surface area contributed by atoms with Gasteiger partial charge in [0.2, 0.25) is 0 Å². The number of aromatic nitrogens is 6. The summed E-state index contributed by atoms with van der Waals surface area (Å²) in [6.07, 6.45) is 5.24. The van der Waals surface area contributed by atoms with Crippen molar-refractivity contribution in [3.8, 4) is 33.9 Å². The normalized spacial score (nSPS) is 11.6. The monoisotopic (exact) mass is 469 g/mol. The lowest BCUT2D eigenvalue weighted by Gasteiger charge is -2.11. The van der Waals surface area contributed by atoms with Crippen molar-refractivity contribution in [3.05, 3.63) is 65.5 Å². The van der Waals surface area contributed by atoms with E-state index in [0.29, 0.717) is 22.5 Å². The van der Waals surface area contributed by atoms with Crippen molar-refractivity contribution in [1.82, 2.24) is 30.1 Å². The zero-order valence-corrected chi connectivity index (χ0v) is 19.2. The first-order valence-corrected chi connectivity index (χ1v) is 11.8. The second kappa shape index (κ2) is 8.03. The van der Waals surface area contributed by atoms with Crippen LogP contribution >= 0.6 is 11.3 Å². The molecule has 7 nitrogen and oxygen atoms in total. The van der Waals surface area contributed by atoms with E-state index in [-0.39, 0.29) is 11.6 Å². The van der Waals surface area contributed by atoms with Crippen molar-refractivity contribution < 1.29 is 4.39 Å². The van der Waals surface area contributed by atoms with E-state index in [1.807, 2.05) is 35.0 Å². The first-order valence-electron chi connectivity index (χ1n) is 10.8. The quantitative estimate of drug-likeness (QED) is 0.277. The molecular weight excluding hydrogens is 449 g/mol. The Morgan fingerprint density at radius 2 is 1.94 bits per heavy atom. The van der Waals surface area contributed by atoms with E-state index in [1.54, 1.807) is 29.9 Å². The lowest BCUT2D eigenvalue weighted by atomic mass is 10.0. The average Bonchev–Trinajstić information content (AvgIpc) is 3.57. The van der Waals surface area contributed by atoms with Gasteiger partial charge >= 0.3 is 0 Å². The zero-order chi connectivity index (χ0) is 23.2. The van der Waals surface area contributed by atoms with E-state index in [2.05, 4.69) is 44.3 Å². The molecule has 0 atom stereocenters. The molecule has 0 amide bonds. The highest BCUT2D eigenvalue weighted by atomic mass is 32.1. The Morgan fingerprint density at radius 3 is 2.76 bits per heavy atom. The number of benzene rings is 1. The summed E-state index contributed by atoms with van der Waals surface area (Å²) in [5.74, 6) is 0.167. The van der Waals surface area contributed by atoms with E-state index in [1.165, 1.54) is 6.07 Å². The van der Waals surface area contributed by atoms with Crippen molar-refractivity contribution in [2.45, 2.75) is 19.9 Å². The van der Waals surface area contributed by atoms with Crippen LogP contribution < -0.4 is 5.32 Å². The van der Waals surface area contributed by atoms with Crippen LogP contribution in [0.2, 0.25) is 0 Å². The number of H-pyrrole nitrogens is 2. The smallest absolute Gasteiger partial charge is 0.157 e. The van der Waals surface area contributed by atoms with Crippen LogP contribution in [0, 0.1) is 5.82 Å². The summed E-state index contributed by atoms with van der Waals surface area (Å²) in [6.45, 7) is 4.12. The highest BCUT2D eigenvalue weighted by molar-refractivity contribution is 7.08. The van der Waals surface area contributed by atoms with E-state index in [9.17, 15) is 0 Å². The highest BCUT2D eigenvalue weighted by Gasteiger charge is 2.18. The Balaban J connectivity index is 1.49. The number of pyridine rings is 2. The van der Waals surface area contributed by atoms with Crippen LogP contribution in [0.5, 0.6) is 0 Å². The average molecular weight is 470 g/mol. The largest absolute Gasteiger partial charge is 0.382 e. The van der Waals surface area contributed by atoms with Gasteiger partial charge < -0.3 is 10.3 Å². The molecular formula is C25H20FN7S. The molecule has 34 heavy (non-hydrogen) atoms. The minimum absolute atomic E-state index is 0.262. The SMILES string of the molecule is CC(C)Nc1cncc(-c2cc(F)c3n[nH]c(-c4nc5c(-c6ccsc6)nccc5[nH]4)c3c2)c1. The highest BCUT2D eigenvalue weighted by Crippen LogP contribution is 2.34. The molecule has 0 unspecified atom stereocenters. The molecule has 0 fully saturated rings. The molecule has 0 saturated carbocycles. The number of halogens is 1. The van der Waals surface area contributed by atoms with Crippen molar-refractivity contribution in [2.75, 3.05) is 5.32 Å². The van der Waals surface area contributed by atoms with Gasteiger partial charge in [0.25, 0.3) is 0 Å². The maximum atomic E-state index is 15.1. The third-order valence-corrected chi connectivity index (χ3v) is 6.25. The Labute approximate surface area is 198 Å². The van der Waals surface area contributed by atoms with Gasteiger partial charge in [0.15, 0.2) is 11.6 Å². The molecule has 6 aromatic rings. The molecule has 5 aromatic heterocycles. The topological polar surface area (TPSA) is 95.2 Å². The number of nitrogens with one attached hydrogen (secondary N) is 3. The molecule has 0 bridgehead atoms. The van der Waals surface area contributed by atoms with E-state index < -0.39 is 5.82 Å². The summed E-state index contributed by atoms with van der Waals surface area (Å²) in [4.78, 5) is 17.0. The predicted molar refractivity (Wildman–Crippen MR) is 134 cm³/mol. The molecule has 0 radical (unpaired) electrons. The summed E-state index contributed by atoms with van der Waals surface area (Å²) in [6, 6.07) is 9.53. The number of hydrogen-bond acceptors (Lipinski definition) is 6. The fourth-order valence-corrected chi connectivity index (χ4v) is 4.74. The summed E-state index contributed by atoms with van der Waals surface area (Å²) in [5, 5.41) is 15.2. The molecule has 5 heterocycles. The van der Waals surface area contributed by atoms with Crippen LogP contribution in [0.4, 0.5) is 10.1 Å². The molecule has 3 N–H and O–H groups in total. The Bertz CT molecular complexity index is 1630. The molecule has 9 heteroatoms. The minimum atomic E-state index is -0.408. The molecule has 0 saturated heterocycles. The summed E-state index contributed by atoms with van der Waals surface area (Å²) < 4.78 is 15.1. The fraction of sp³-hybridized carbons (Fsp3) is 0.120. The Hall–Kier alpha value is -4.11. The molecule has 6 rings (SSSR count). The summed E-state index contributed by atoms with van der Waals surface area (Å²) in [7, 11) is 0. The predicted octanol–water partition coefficient (Wildman–Crippen LogP) is 6.25. The molecule has 168 valence electrons. The van der Waals surface area contributed by atoms with Crippen molar-refractivity contribution in [3.63, 3.8) is 0 Å². The van der Waals surface area contributed by atoms with E-state index in [0.717, 1.165) is 33.5 Å². The van der Waals surface area contributed by atoms with Crippen LogP contribution in [-0.2, 0) is 0 Å². The van der Waals surface area contributed by atoms with Gasteiger partial charge in [-0.2, -0.15) is 16.4 Å². The van der Waals surface area contributed by atoms with E-state index in [4.69, 9.17) is 4.98 Å². The van der Waals surface area contributed by atoms with Crippen LogP contribution in [-0.4, -0.2) is 36.2 Å². The lowest BCUT2D eigenvalue weighted by molar-refractivity contribution is 0.636. The van der Waals surface area contributed by atoms with Gasteiger partial charge in [-0.15, -0.1) is 0 Å². The van der Waals surface area contributed by atoms with Gasteiger partial charge in [-0.3, -0.25) is 15.1 Å². The van der Waals surface area contributed by atoms with Gasteiger partial charge in [-0.25, -0.2) is 9.37 Å². The minimum Gasteiger partial charge on any atom is -0.382 e. The van der Waals surface area contributed by atoms with Gasteiger partial charge in [0.05, 0.1) is 16.9 Å². The maximum Gasteiger partial charge on any atom is 0.157 e. The maximum absolute atomic E-state index is 15.1. The Morgan fingerprint density at radius 1 is 1.03 bits per heavy atom. The van der Waals surface area contributed by atoms with Crippen LogP contribution in [0.25, 0.3) is 55.8 Å². The summed E-state index contributed by atoms with van der Waals surface area (Å²) >= 11 is 1.61. The lowest BCUT2D eigenvalue weighted by Crippen LogP contribution is -2.09. The fourth-order valence-electron chi connectivity index (χ4n) is 4.10. The molecule has 0 aliphatic rings. The molecule has 0 aliphatic carbocycles. The molecule has 1 aromatic carbocycles. The third kappa shape index (κ3) is 3.50. The number of hydrogen-bond donors (Lipinski definition) is 3. The van der Waals surface area contributed by atoms with Gasteiger partial charge in [0.1, 0.15) is 16.7 Å². The van der Waals surface area contributed by atoms with Crippen molar-refractivity contribution >= 4 is 39.0 Å². The number of imidazole rings is 1. The van der Waals surface area contributed by atoms with Gasteiger partial charge in [-0.1, -0.05) is 0 Å². The number of thiophene rings is 1. The second-order valence-corrected chi connectivity index (χ2v) is 9.15. The number of aromatic amines is 2. The first-order chi connectivity index (χ1) is 16.6. The van der Waals surface area contributed by atoms with Crippen LogP contribution in [0.1, 0.15) is 13.8 Å². The van der Waals surface area contributed by atoms with Gasteiger partial charge in [0, 0.05) is 46.5 Å². The third-order valence-electron chi connectivity index (χ3n) is 5.57. The first kappa shape index (κ1) is 20.5. The van der Waals surface area contributed by atoms with E-state index >= 15 is 4.39 Å². The zero-order valence-electron chi connectivity index (χ0n) is 18.4. The number of fused-ring (bicyclic) bond motifs is 2. The number of nitrogens with zero attached hydrogens (tertiary/aromatic N) is 4. The molecule has 0 aliphatic heterocycles. The second-order valence-electron chi connectivity index (χ2n) is 8.37. The number of rotatable bonds is 5. The van der Waals surface area contributed by atoms with Crippen LogP contribution in [0.3, 0.4) is 0 Å². The van der Waals surface area contributed by atoms with Gasteiger partial charge in [-0.05, 0) is 55.1 Å². The van der Waals surface area contributed by atoms with Crippen molar-refractivity contribution in [1.29, 1.82) is 0 Å². The standard InChI is InChI=1S/C25H20FN7S/c1-13(2)29-17-7-16(10-27-11-17)15-8-18-22(19(26)9-15)32-33-23(18)25-30-20-3-5-28-21(24(20)31-25)14-4-6-34-12-14/h3-13,29H,1-2H3,(H,30,31)(H,32,33). The van der Waals surface area contributed by atoms with Crippen molar-refractivity contribution in [2.24, 2.45) is 0 Å². The van der Waals surface area contributed by atoms with Crippen LogP contribution in [0.15, 0.2) is 59.7 Å². The summed E-state index contributed by atoms with van der Waals surface area (Å²) in [5.41, 5.74) is 6.71. The Kier molecular flexibility index (Phi) is 4.84.